The largest absolute Gasteiger partial charge is 0.490 e. The standard InChI is InChI=1S/C8H13NO2.C2HF3O2/c10-9(11)8-4-1-7(2-5-8)3-6-8;3-2(4,5)1(6)7/h7H,1-6H2;(H,6,7). The Balaban J connectivity index is 0.000000203. The van der Waals surface area contributed by atoms with Crippen molar-refractivity contribution < 1.29 is 28.0 Å². The van der Waals surface area contributed by atoms with Crippen LogP contribution in [-0.4, -0.2) is 27.7 Å². The van der Waals surface area contributed by atoms with Crippen LogP contribution in [0.2, 0.25) is 0 Å². The van der Waals surface area contributed by atoms with Crippen molar-refractivity contribution in [2.75, 3.05) is 0 Å². The van der Waals surface area contributed by atoms with Crippen molar-refractivity contribution in [2.24, 2.45) is 5.92 Å². The molecule has 0 aliphatic heterocycles. The van der Waals surface area contributed by atoms with Crippen molar-refractivity contribution in [2.45, 2.75) is 50.2 Å². The summed E-state index contributed by atoms with van der Waals surface area (Å²) in [6.45, 7) is 0. The van der Waals surface area contributed by atoms with Crippen LogP contribution < -0.4 is 0 Å². The summed E-state index contributed by atoms with van der Waals surface area (Å²) in [6.07, 6.45) is 0.725. The first-order chi connectivity index (χ1) is 8.17. The lowest BCUT2D eigenvalue weighted by Crippen LogP contribution is -2.46. The number of nitrogens with zero attached hydrogens (tertiary/aromatic N) is 1. The zero-order valence-corrected chi connectivity index (χ0v) is 9.57. The van der Waals surface area contributed by atoms with E-state index in [1.54, 1.807) is 0 Å². The summed E-state index contributed by atoms with van der Waals surface area (Å²) in [5.74, 6) is -1.94. The second kappa shape index (κ2) is 5.11. The van der Waals surface area contributed by atoms with Crippen molar-refractivity contribution in [3.63, 3.8) is 0 Å². The maximum atomic E-state index is 10.7. The Morgan fingerprint density at radius 1 is 1.22 bits per heavy atom. The van der Waals surface area contributed by atoms with Crippen molar-refractivity contribution >= 4 is 5.97 Å². The van der Waals surface area contributed by atoms with Crippen molar-refractivity contribution in [1.29, 1.82) is 0 Å². The molecule has 8 heteroatoms. The average Bonchev–Trinajstić information content (AvgIpc) is 2.31. The third kappa shape index (κ3) is 3.33. The fourth-order valence-electron chi connectivity index (χ4n) is 2.50. The Hall–Kier alpha value is -1.34. The molecule has 1 N–H and O–H groups in total. The van der Waals surface area contributed by atoms with Crippen molar-refractivity contribution in [3.05, 3.63) is 10.1 Å². The van der Waals surface area contributed by atoms with E-state index in [0.717, 1.165) is 44.4 Å². The van der Waals surface area contributed by atoms with Crippen LogP contribution in [0.25, 0.3) is 0 Å². The molecule has 18 heavy (non-hydrogen) atoms. The molecule has 0 aromatic rings. The number of alkyl halides is 3. The molecule has 2 bridgehead atoms. The molecular weight excluding hydrogens is 255 g/mol. The van der Waals surface area contributed by atoms with Gasteiger partial charge in [0.15, 0.2) is 0 Å². The number of aliphatic carboxylic acids is 1. The molecule has 3 fully saturated rings. The Labute approximate surface area is 101 Å². The van der Waals surface area contributed by atoms with Gasteiger partial charge in [-0.05, 0) is 25.2 Å². The number of nitro groups is 1. The van der Waals surface area contributed by atoms with Crippen LogP contribution in [0.15, 0.2) is 0 Å². The zero-order valence-electron chi connectivity index (χ0n) is 9.57. The first-order valence-electron chi connectivity index (χ1n) is 5.62. The monoisotopic (exact) mass is 269 g/mol. The van der Waals surface area contributed by atoms with E-state index in [4.69, 9.17) is 9.90 Å². The van der Waals surface area contributed by atoms with E-state index in [1.807, 2.05) is 0 Å². The van der Waals surface area contributed by atoms with Crippen molar-refractivity contribution in [3.8, 4) is 0 Å². The summed E-state index contributed by atoms with van der Waals surface area (Å²) in [6, 6.07) is 0. The molecular formula is C10H14F3NO4. The first-order valence-corrected chi connectivity index (χ1v) is 5.62. The lowest BCUT2D eigenvalue weighted by Gasteiger charge is -2.39. The average molecular weight is 269 g/mol. The van der Waals surface area contributed by atoms with Gasteiger partial charge in [0.05, 0.1) is 0 Å². The van der Waals surface area contributed by atoms with Gasteiger partial charge >= 0.3 is 12.1 Å². The molecule has 0 aromatic heterocycles. The molecule has 0 saturated heterocycles. The van der Waals surface area contributed by atoms with Crippen LogP contribution in [0.1, 0.15) is 38.5 Å². The molecule has 3 aliphatic rings. The number of hydrogen-bond donors (Lipinski definition) is 1. The molecule has 0 spiro atoms. The number of carboxylic acid groups (broad SMARTS) is 1. The lowest BCUT2D eigenvalue weighted by atomic mass is 9.66. The van der Waals surface area contributed by atoms with Crippen LogP contribution in [-0.2, 0) is 4.79 Å². The van der Waals surface area contributed by atoms with E-state index >= 15 is 0 Å². The van der Waals surface area contributed by atoms with Gasteiger partial charge in [0.1, 0.15) is 0 Å². The van der Waals surface area contributed by atoms with Crippen molar-refractivity contribution in [1.82, 2.24) is 0 Å². The Kier molecular flexibility index (Phi) is 4.18. The highest BCUT2D eigenvalue weighted by Gasteiger charge is 2.49. The Morgan fingerprint density at radius 3 is 1.72 bits per heavy atom. The lowest BCUT2D eigenvalue weighted by molar-refractivity contribution is -0.581. The van der Waals surface area contributed by atoms with E-state index in [2.05, 4.69) is 0 Å². The SMILES string of the molecule is O=C(O)C(F)(F)F.O=[N+]([O-])C12CCC(CC1)CC2. The zero-order chi connectivity index (χ0) is 14.0. The number of hydrogen-bond acceptors (Lipinski definition) is 3. The highest BCUT2D eigenvalue weighted by Crippen LogP contribution is 2.45. The molecule has 0 radical (unpaired) electrons. The number of halogens is 3. The molecule has 3 saturated carbocycles. The van der Waals surface area contributed by atoms with E-state index < -0.39 is 17.7 Å². The minimum atomic E-state index is -5.08. The minimum Gasteiger partial charge on any atom is -0.475 e. The molecule has 0 atom stereocenters. The number of carboxylic acids is 1. The third-order valence-corrected chi connectivity index (χ3v) is 3.68. The van der Waals surface area contributed by atoms with Gasteiger partial charge in [-0.2, -0.15) is 13.2 Å². The number of carbonyl (C=O) groups is 1. The van der Waals surface area contributed by atoms with E-state index in [0.29, 0.717) is 0 Å². The summed E-state index contributed by atoms with van der Waals surface area (Å²) in [7, 11) is 0. The second-order valence-corrected chi connectivity index (χ2v) is 4.77. The normalized spacial score (nSPS) is 30.3. The van der Waals surface area contributed by atoms with Gasteiger partial charge in [-0.25, -0.2) is 4.79 Å². The predicted octanol–water partition coefficient (Wildman–Crippen LogP) is 2.62. The molecule has 0 aromatic carbocycles. The van der Waals surface area contributed by atoms with E-state index in [-0.39, 0.29) is 4.92 Å². The molecule has 0 heterocycles. The predicted molar refractivity (Wildman–Crippen MR) is 54.6 cm³/mol. The highest BCUT2D eigenvalue weighted by atomic mass is 19.4. The van der Waals surface area contributed by atoms with E-state index in [9.17, 15) is 23.3 Å². The second-order valence-electron chi connectivity index (χ2n) is 4.77. The molecule has 5 nitrogen and oxygen atoms in total. The molecule has 0 amide bonds. The fourth-order valence-corrected chi connectivity index (χ4v) is 2.50. The Bertz CT molecular complexity index is 321. The van der Waals surface area contributed by atoms with Crippen LogP contribution in [0, 0.1) is 16.0 Å². The maximum Gasteiger partial charge on any atom is 0.490 e. The smallest absolute Gasteiger partial charge is 0.475 e. The molecule has 3 aliphatic carbocycles. The first kappa shape index (κ1) is 14.7. The topological polar surface area (TPSA) is 80.4 Å². The molecule has 0 unspecified atom stereocenters. The van der Waals surface area contributed by atoms with Crippen LogP contribution in [0.4, 0.5) is 13.2 Å². The summed E-state index contributed by atoms with van der Waals surface area (Å²) < 4.78 is 31.7. The van der Waals surface area contributed by atoms with Crippen LogP contribution in [0.3, 0.4) is 0 Å². The van der Waals surface area contributed by atoms with Gasteiger partial charge in [0.25, 0.3) is 0 Å². The third-order valence-electron chi connectivity index (χ3n) is 3.68. The van der Waals surface area contributed by atoms with Gasteiger partial charge in [0, 0.05) is 24.2 Å². The van der Waals surface area contributed by atoms with Gasteiger partial charge in [-0.15, -0.1) is 0 Å². The summed E-state index contributed by atoms with van der Waals surface area (Å²) in [5, 5.41) is 17.9. The summed E-state index contributed by atoms with van der Waals surface area (Å²) >= 11 is 0. The highest BCUT2D eigenvalue weighted by molar-refractivity contribution is 5.73. The van der Waals surface area contributed by atoms with Gasteiger partial charge in [-0.3, -0.25) is 10.1 Å². The van der Waals surface area contributed by atoms with Crippen LogP contribution in [0.5, 0.6) is 0 Å². The Morgan fingerprint density at radius 2 is 1.56 bits per heavy atom. The van der Waals surface area contributed by atoms with Gasteiger partial charge in [0.2, 0.25) is 5.54 Å². The van der Waals surface area contributed by atoms with Gasteiger partial charge < -0.3 is 5.11 Å². The number of rotatable bonds is 1. The van der Waals surface area contributed by atoms with Crippen LogP contribution >= 0.6 is 0 Å². The molecule has 3 rings (SSSR count). The molecule has 104 valence electrons. The summed E-state index contributed by atoms with van der Waals surface area (Å²) in [5.41, 5.74) is -0.491. The minimum absolute atomic E-state index is 0.0254. The quantitative estimate of drug-likeness (QED) is 0.586. The maximum absolute atomic E-state index is 10.7. The van der Waals surface area contributed by atoms with Gasteiger partial charge in [-0.1, -0.05) is 0 Å². The number of fused-ring (bicyclic) bond motifs is 3. The van der Waals surface area contributed by atoms with E-state index in [1.165, 1.54) is 0 Å². The summed E-state index contributed by atoms with van der Waals surface area (Å²) in [4.78, 5) is 19.6. The fraction of sp³-hybridized carbons (Fsp3) is 0.900.